The van der Waals surface area contributed by atoms with Gasteiger partial charge in [0.25, 0.3) is 5.78 Å². The van der Waals surface area contributed by atoms with Gasteiger partial charge in [0.2, 0.25) is 23.7 Å². The fourth-order valence-corrected chi connectivity index (χ4v) is 4.02. The number of ether oxygens (including phenoxy) is 1. The molecule has 6 aromatic heterocycles. The highest BCUT2D eigenvalue weighted by Crippen LogP contribution is 2.23. The Kier molecular flexibility index (Phi) is 5.44. The summed E-state index contributed by atoms with van der Waals surface area (Å²) >= 11 is 0. The standard InChI is InChI=1S/C25H20N12O3/c26-21-31-23(29-19-13-16(34-36(19)21)17-3-1-11-38-17)28-10-9-14-5-7-15(8-6-14)40-25-32-22(27)37-24(33-25)30-20(35-37)18-4-2-12-39-18/h1-8,11-13H,9-10H2,(H3,26,28,29,31)(H2,27,30,32,33,35). The number of hydrogen-bond donors (Lipinski definition) is 3. The summed E-state index contributed by atoms with van der Waals surface area (Å²) in [5.41, 5.74) is 14.4. The molecule has 7 aromatic rings. The summed E-state index contributed by atoms with van der Waals surface area (Å²) in [7, 11) is 0. The van der Waals surface area contributed by atoms with Gasteiger partial charge in [-0.05, 0) is 48.4 Å². The van der Waals surface area contributed by atoms with Crippen molar-refractivity contribution in [2.45, 2.75) is 6.42 Å². The van der Waals surface area contributed by atoms with Crippen LogP contribution in [0.3, 0.4) is 0 Å². The number of anilines is 3. The zero-order valence-electron chi connectivity index (χ0n) is 20.7. The van der Waals surface area contributed by atoms with Crippen LogP contribution in [0, 0.1) is 0 Å². The fourth-order valence-electron chi connectivity index (χ4n) is 4.02. The summed E-state index contributed by atoms with van der Waals surface area (Å²) in [6.07, 6.45) is 3.82. The number of nitrogens with one attached hydrogen (secondary N) is 1. The first-order valence-corrected chi connectivity index (χ1v) is 12.1. The first-order valence-electron chi connectivity index (χ1n) is 12.1. The number of fused-ring (bicyclic) bond motifs is 2. The van der Waals surface area contributed by atoms with Crippen LogP contribution in [0.4, 0.5) is 17.8 Å². The average molecular weight is 537 g/mol. The lowest BCUT2D eigenvalue weighted by Crippen LogP contribution is -2.11. The minimum absolute atomic E-state index is 0.0537. The van der Waals surface area contributed by atoms with Gasteiger partial charge in [0.15, 0.2) is 17.2 Å². The van der Waals surface area contributed by atoms with Gasteiger partial charge in [0.05, 0.1) is 12.5 Å². The van der Waals surface area contributed by atoms with Crippen LogP contribution in [0.2, 0.25) is 0 Å². The highest BCUT2D eigenvalue weighted by Gasteiger charge is 2.15. The van der Waals surface area contributed by atoms with E-state index in [2.05, 4.69) is 40.4 Å². The Hall–Kier alpha value is -5.99. The van der Waals surface area contributed by atoms with Gasteiger partial charge in [0.1, 0.15) is 11.4 Å². The van der Waals surface area contributed by atoms with Gasteiger partial charge in [-0.25, -0.2) is 0 Å². The van der Waals surface area contributed by atoms with Crippen molar-refractivity contribution in [3.63, 3.8) is 0 Å². The number of nitrogens with zero attached hydrogens (tertiary/aromatic N) is 9. The lowest BCUT2D eigenvalue weighted by molar-refractivity contribution is 0.441. The van der Waals surface area contributed by atoms with Crippen LogP contribution in [0.15, 0.2) is 76.0 Å². The van der Waals surface area contributed by atoms with Crippen molar-refractivity contribution in [2.24, 2.45) is 0 Å². The first-order chi connectivity index (χ1) is 19.6. The van der Waals surface area contributed by atoms with Crippen LogP contribution in [-0.2, 0) is 6.42 Å². The van der Waals surface area contributed by atoms with Crippen molar-refractivity contribution in [1.82, 2.24) is 44.1 Å². The molecule has 15 nitrogen and oxygen atoms in total. The number of furan rings is 2. The predicted octanol–water partition coefficient (Wildman–Crippen LogP) is 3.09. The summed E-state index contributed by atoms with van der Waals surface area (Å²) in [4.78, 5) is 21.6. The molecule has 0 spiro atoms. The van der Waals surface area contributed by atoms with Gasteiger partial charge >= 0.3 is 6.01 Å². The summed E-state index contributed by atoms with van der Waals surface area (Å²) < 4.78 is 19.3. The summed E-state index contributed by atoms with van der Waals surface area (Å²) in [6, 6.07) is 16.5. The Labute approximate surface area is 224 Å². The van der Waals surface area contributed by atoms with Crippen molar-refractivity contribution < 1.29 is 13.6 Å². The molecule has 1 aromatic carbocycles. The maximum Gasteiger partial charge on any atom is 0.328 e. The summed E-state index contributed by atoms with van der Waals surface area (Å²) in [5.74, 6) is 2.96. The molecule has 0 amide bonds. The Bertz CT molecular complexity index is 1930. The zero-order chi connectivity index (χ0) is 27.1. The van der Waals surface area contributed by atoms with Crippen LogP contribution in [0.5, 0.6) is 11.8 Å². The molecule has 0 saturated carbocycles. The van der Waals surface area contributed by atoms with Gasteiger partial charge in [-0.2, -0.15) is 39.0 Å². The van der Waals surface area contributed by atoms with E-state index in [1.54, 1.807) is 30.5 Å². The number of hydrogen-bond acceptors (Lipinski definition) is 13. The van der Waals surface area contributed by atoms with E-state index in [9.17, 15) is 0 Å². The molecule has 40 heavy (non-hydrogen) atoms. The molecule has 0 fully saturated rings. The Morgan fingerprint density at radius 2 is 1.57 bits per heavy atom. The lowest BCUT2D eigenvalue weighted by Gasteiger charge is -2.08. The SMILES string of the molecule is Nc1nc(NCCc2ccc(Oc3nc(N)n4nc(-c5ccco5)nc4n3)cc2)nc2cc(-c3ccco3)nn12. The van der Waals surface area contributed by atoms with Crippen molar-refractivity contribution in [3.05, 3.63) is 72.7 Å². The monoisotopic (exact) mass is 536 g/mol. The number of nitrogens with two attached hydrogens (primary N) is 2. The van der Waals surface area contributed by atoms with Crippen LogP contribution in [0.25, 0.3) is 34.5 Å². The molecule has 0 aliphatic rings. The molecule has 0 radical (unpaired) electrons. The molecule has 15 heteroatoms. The van der Waals surface area contributed by atoms with Crippen LogP contribution >= 0.6 is 0 Å². The lowest BCUT2D eigenvalue weighted by atomic mass is 10.1. The Morgan fingerprint density at radius 1 is 0.800 bits per heavy atom. The van der Waals surface area contributed by atoms with Gasteiger partial charge in [-0.15, -0.1) is 5.10 Å². The van der Waals surface area contributed by atoms with Gasteiger partial charge in [-0.1, -0.05) is 12.1 Å². The molecule has 198 valence electrons. The zero-order valence-corrected chi connectivity index (χ0v) is 20.7. The van der Waals surface area contributed by atoms with E-state index in [-0.39, 0.29) is 23.7 Å². The van der Waals surface area contributed by atoms with E-state index in [0.29, 0.717) is 53.3 Å². The second-order valence-electron chi connectivity index (χ2n) is 8.59. The molecule has 7 rings (SSSR count). The normalized spacial score (nSPS) is 11.4. The van der Waals surface area contributed by atoms with Crippen molar-refractivity contribution in [3.8, 4) is 34.8 Å². The van der Waals surface area contributed by atoms with Crippen LogP contribution in [0.1, 0.15) is 5.56 Å². The van der Waals surface area contributed by atoms with Gasteiger partial charge in [0, 0.05) is 12.6 Å². The summed E-state index contributed by atoms with van der Waals surface area (Å²) in [5, 5.41) is 11.9. The maximum atomic E-state index is 6.08. The molecule has 0 atom stereocenters. The number of aromatic nitrogens is 9. The highest BCUT2D eigenvalue weighted by atomic mass is 16.5. The van der Waals surface area contributed by atoms with Crippen LogP contribution in [-0.4, -0.2) is 50.7 Å². The number of nitrogen functional groups attached to an aromatic ring is 2. The molecule has 0 bridgehead atoms. The van der Waals surface area contributed by atoms with Crippen LogP contribution < -0.4 is 21.5 Å². The molecule has 0 aliphatic carbocycles. The molecular formula is C25H20N12O3. The van der Waals surface area contributed by atoms with E-state index in [4.69, 9.17) is 25.0 Å². The number of benzene rings is 1. The predicted molar refractivity (Wildman–Crippen MR) is 142 cm³/mol. The average Bonchev–Trinajstić information content (AvgIpc) is 3.76. The molecular weight excluding hydrogens is 516 g/mol. The largest absolute Gasteiger partial charge is 0.463 e. The molecule has 0 aliphatic heterocycles. The summed E-state index contributed by atoms with van der Waals surface area (Å²) in [6.45, 7) is 0.580. The molecule has 0 saturated heterocycles. The fraction of sp³-hybridized carbons (Fsp3) is 0.0800. The quantitative estimate of drug-likeness (QED) is 0.256. The topological polar surface area (TPSA) is 199 Å². The minimum atomic E-state index is 0.0537. The Morgan fingerprint density at radius 3 is 2.35 bits per heavy atom. The first kappa shape index (κ1) is 23.2. The van der Waals surface area contributed by atoms with Gasteiger partial charge in [-0.3, -0.25) is 0 Å². The van der Waals surface area contributed by atoms with Crippen molar-refractivity contribution in [2.75, 3.05) is 23.3 Å². The third kappa shape index (κ3) is 4.36. The van der Waals surface area contributed by atoms with Crippen molar-refractivity contribution in [1.29, 1.82) is 0 Å². The van der Waals surface area contributed by atoms with E-state index < -0.39 is 0 Å². The highest BCUT2D eigenvalue weighted by molar-refractivity contribution is 5.61. The van der Waals surface area contributed by atoms with Gasteiger partial charge < -0.3 is 30.4 Å². The second kappa shape index (κ2) is 9.39. The van der Waals surface area contributed by atoms with E-state index >= 15 is 0 Å². The van der Waals surface area contributed by atoms with E-state index in [1.807, 2.05) is 30.3 Å². The molecule has 5 N–H and O–H groups in total. The Balaban J connectivity index is 0.996. The second-order valence-corrected chi connectivity index (χ2v) is 8.59. The molecule has 0 unspecified atom stereocenters. The van der Waals surface area contributed by atoms with Crippen molar-refractivity contribution >= 4 is 29.3 Å². The molecule has 6 heterocycles. The third-order valence-corrected chi connectivity index (χ3v) is 5.91. The third-order valence-electron chi connectivity index (χ3n) is 5.91. The van der Waals surface area contributed by atoms with E-state index in [0.717, 1.165) is 5.56 Å². The number of rotatable bonds is 8. The smallest absolute Gasteiger partial charge is 0.328 e. The van der Waals surface area contributed by atoms with E-state index in [1.165, 1.54) is 15.3 Å². The maximum absolute atomic E-state index is 6.08. The minimum Gasteiger partial charge on any atom is -0.463 e.